The second kappa shape index (κ2) is 8.71. The molecule has 3 aromatic rings. The van der Waals surface area contributed by atoms with E-state index in [1.807, 2.05) is 61.5 Å². The van der Waals surface area contributed by atoms with E-state index in [0.29, 0.717) is 23.0 Å². The molecule has 1 aromatic heterocycles. The average molecular weight is 409 g/mol. The van der Waals surface area contributed by atoms with Gasteiger partial charge in [-0.25, -0.2) is 4.68 Å². The smallest absolute Gasteiger partial charge is 0.288 e. The summed E-state index contributed by atoms with van der Waals surface area (Å²) in [7, 11) is 0. The molecule has 0 spiro atoms. The number of carbonyl (C=O) groups is 1. The fraction of sp³-hybridized carbons (Fsp3) is 0.318. The zero-order valence-corrected chi connectivity index (χ0v) is 17.2. The van der Waals surface area contributed by atoms with Gasteiger partial charge in [-0.15, -0.1) is 5.10 Å². The van der Waals surface area contributed by atoms with Crippen LogP contribution in [0.1, 0.15) is 28.8 Å². The fourth-order valence-electron chi connectivity index (χ4n) is 3.58. The maximum absolute atomic E-state index is 12.3. The Bertz CT molecular complexity index is 1040. The highest BCUT2D eigenvalue weighted by Crippen LogP contribution is 2.22. The fourth-order valence-corrected chi connectivity index (χ4v) is 3.76. The van der Waals surface area contributed by atoms with Gasteiger partial charge in [-0.05, 0) is 55.7 Å². The molecule has 1 N–H and O–H groups in total. The van der Waals surface area contributed by atoms with Gasteiger partial charge in [0.05, 0.1) is 6.67 Å². The Morgan fingerprint density at radius 2 is 1.83 bits per heavy atom. The first-order valence-corrected chi connectivity index (χ1v) is 10.2. The number of aryl methyl sites for hydroxylation is 1. The van der Waals surface area contributed by atoms with Gasteiger partial charge in [0.15, 0.2) is 0 Å². The molecule has 0 radical (unpaired) electrons. The highest BCUT2D eigenvalue weighted by atomic mass is 32.1. The van der Waals surface area contributed by atoms with Gasteiger partial charge < -0.3 is 9.73 Å². The number of amides is 1. The van der Waals surface area contributed by atoms with Gasteiger partial charge in [-0.2, -0.15) is 0 Å². The van der Waals surface area contributed by atoms with Crippen molar-refractivity contribution in [3.05, 3.63) is 70.6 Å². The van der Waals surface area contributed by atoms with E-state index >= 15 is 0 Å². The molecule has 0 atom stereocenters. The maximum Gasteiger partial charge on any atom is 0.288 e. The van der Waals surface area contributed by atoms with E-state index in [0.717, 1.165) is 37.1 Å². The molecule has 0 bridgehead atoms. The van der Waals surface area contributed by atoms with Crippen molar-refractivity contribution in [1.82, 2.24) is 20.0 Å². The third-order valence-electron chi connectivity index (χ3n) is 5.27. The van der Waals surface area contributed by atoms with Crippen LogP contribution in [0.2, 0.25) is 0 Å². The van der Waals surface area contributed by atoms with E-state index < -0.39 is 0 Å². The number of likely N-dealkylation sites (tertiary alicyclic amines) is 1. The summed E-state index contributed by atoms with van der Waals surface area (Å²) in [4.78, 5) is 15.0. The van der Waals surface area contributed by atoms with Crippen molar-refractivity contribution in [2.75, 3.05) is 13.1 Å². The normalized spacial score (nSPS) is 15.3. The van der Waals surface area contributed by atoms with Crippen LogP contribution in [0.5, 0.6) is 0 Å². The van der Waals surface area contributed by atoms with Gasteiger partial charge in [0, 0.05) is 30.3 Å². The van der Waals surface area contributed by atoms with Crippen LogP contribution >= 0.6 is 12.2 Å². The van der Waals surface area contributed by atoms with Gasteiger partial charge in [-0.1, -0.05) is 36.4 Å². The van der Waals surface area contributed by atoms with Crippen molar-refractivity contribution in [1.29, 1.82) is 0 Å². The summed E-state index contributed by atoms with van der Waals surface area (Å²) in [5.74, 6) is 0.545. The largest absolute Gasteiger partial charge is 0.409 e. The Kier molecular flexibility index (Phi) is 5.87. The summed E-state index contributed by atoms with van der Waals surface area (Å²) < 4.78 is 7.46. The van der Waals surface area contributed by atoms with Crippen LogP contribution in [0.4, 0.5) is 0 Å². The van der Waals surface area contributed by atoms with Gasteiger partial charge in [-0.3, -0.25) is 9.69 Å². The van der Waals surface area contributed by atoms with Crippen molar-refractivity contribution >= 4 is 18.1 Å². The molecular formula is C22H24N4O2S. The second-order valence-electron chi connectivity index (χ2n) is 7.36. The lowest BCUT2D eigenvalue weighted by Gasteiger charge is -2.31. The molecule has 2 heterocycles. The van der Waals surface area contributed by atoms with Gasteiger partial charge in [0.2, 0.25) is 5.89 Å². The second-order valence-corrected chi connectivity index (χ2v) is 7.71. The van der Waals surface area contributed by atoms with Gasteiger partial charge in [0.1, 0.15) is 0 Å². The molecular weight excluding hydrogens is 384 g/mol. The van der Waals surface area contributed by atoms with Gasteiger partial charge >= 0.3 is 0 Å². The van der Waals surface area contributed by atoms with Crippen molar-refractivity contribution in [3.8, 4) is 11.5 Å². The van der Waals surface area contributed by atoms with Crippen LogP contribution in [-0.2, 0) is 6.67 Å². The molecule has 1 saturated heterocycles. The first-order chi connectivity index (χ1) is 14.1. The van der Waals surface area contributed by atoms with Crippen LogP contribution in [0.25, 0.3) is 11.5 Å². The summed E-state index contributed by atoms with van der Waals surface area (Å²) in [6.07, 6.45) is 1.79. The molecule has 2 aromatic carbocycles. The van der Waals surface area contributed by atoms with E-state index in [4.69, 9.17) is 16.6 Å². The maximum atomic E-state index is 12.3. The SMILES string of the molecule is Cc1ccccc1-c1nn(CN2CCC(NC(=O)c3ccccc3)CC2)c(=S)o1. The first-order valence-electron chi connectivity index (χ1n) is 9.82. The Hall–Kier alpha value is -2.77. The number of rotatable bonds is 5. The monoisotopic (exact) mass is 408 g/mol. The number of hydrogen-bond donors (Lipinski definition) is 1. The van der Waals surface area contributed by atoms with Crippen LogP contribution in [0, 0.1) is 11.8 Å². The number of aromatic nitrogens is 2. The summed E-state index contributed by atoms with van der Waals surface area (Å²) in [6, 6.07) is 17.5. The average Bonchev–Trinajstić information content (AvgIpc) is 3.10. The quantitative estimate of drug-likeness (QED) is 0.646. The molecule has 0 aliphatic carbocycles. The molecule has 29 heavy (non-hydrogen) atoms. The Morgan fingerprint density at radius 3 is 2.55 bits per heavy atom. The standard InChI is InChI=1S/C22H24N4O2S/c1-16-7-5-6-10-19(16)21-24-26(22(29)28-21)15-25-13-11-18(12-14-25)23-20(27)17-8-3-2-4-9-17/h2-10,18H,11-15H2,1H3,(H,23,27). The van der Waals surface area contributed by atoms with E-state index in [1.54, 1.807) is 4.68 Å². The predicted octanol–water partition coefficient (Wildman–Crippen LogP) is 4.03. The molecule has 6 nitrogen and oxygen atoms in total. The third kappa shape index (κ3) is 4.63. The summed E-state index contributed by atoms with van der Waals surface area (Å²) >= 11 is 5.37. The molecule has 150 valence electrons. The minimum Gasteiger partial charge on any atom is -0.409 e. The molecule has 4 rings (SSSR count). The summed E-state index contributed by atoms with van der Waals surface area (Å²) in [5.41, 5.74) is 2.76. The number of nitrogens with zero attached hydrogens (tertiary/aromatic N) is 3. The van der Waals surface area contributed by atoms with E-state index in [9.17, 15) is 4.79 Å². The number of hydrogen-bond acceptors (Lipinski definition) is 5. The van der Waals surface area contributed by atoms with Crippen LogP contribution in [0.15, 0.2) is 59.0 Å². The number of nitrogens with one attached hydrogen (secondary N) is 1. The predicted molar refractivity (Wildman–Crippen MR) is 114 cm³/mol. The number of benzene rings is 2. The number of piperidine rings is 1. The van der Waals surface area contributed by atoms with Crippen molar-refractivity contribution in [2.45, 2.75) is 32.5 Å². The Morgan fingerprint density at radius 1 is 1.14 bits per heavy atom. The number of carbonyl (C=O) groups excluding carboxylic acids is 1. The molecule has 1 amide bonds. The Labute approximate surface area is 175 Å². The van der Waals surface area contributed by atoms with Crippen LogP contribution in [0.3, 0.4) is 0 Å². The molecule has 1 aliphatic heterocycles. The van der Waals surface area contributed by atoms with Crippen molar-refractivity contribution in [2.24, 2.45) is 0 Å². The summed E-state index contributed by atoms with van der Waals surface area (Å²) in [5, 5.41) is 7.71. The Balaban J connectivity index is 1.34. The van der Waals surface area contributed by atoms with Crippen molar-refractivity contribution in [3.63, 3.8) is 0 Å². The zero-order valence-electron chi connectivity index (χ0n) is 16.4. The lowest BCUT2D eigenvalue weighted by Crippen LogP contribution is -2.45. The highest BCUT2D eigenvalue weighted by molar-refractivity contribution is 7.71. The van der Waals surface area contributed by atoms with Crippen LogP contribution < -0.4 is 5.32 Å². The van der Waals surface area contributed by atoms with Gasteiger partial charge in [0.25, 0.3) is 10.7 Å². The minimum absolute atomic E-state index is 0.00866. The summed E-state index contributed by atoms with van der Waals surface area (Å²) in [6.45, 7) is 4.36. The van der Waals surface area contributed by atoms with E-state index in [-0.39, 0.29) is 11.9 Å². The molecule has 0 unspecified atom stereocenters. The van der Waals surface area contributed by atoms with Crippen molar-refractivity contribution < 1.29 is 9.21 Å². The minimum atomic E-state index is -0.00866. The lowest BCUT2D eigenvalue weighted by atomic mass is 10.0. The molecule has 1 fully saturated rings. The van der Waals surface area contributed by atoms with Crippen LogP contribution in [-0.4, -0.2) is 39.7 Å². The first kappa shape index (κ1) is 19.5. The van der Waals surface area contributed by atoms with E-state index in [2.05, 4.69) is 15.3 Å². The zero-order chi connectivity index (χ0) is 20.2. The van der Waals surface area contributed by atoms with E-state index in [1.165, 1.54) is 0 Å². The highest BCUT2D eigenvalue weighted by Gasteiger charge is 2.22. The molecule has 0 saturated carbocycles. The molecule has 1 aliphatic rings. The topological polar surface area (TPSA) is 63.3 Å². The lowest BCUT2D eigenvalue weighted by molar-refractivity contribution is 0.0895. The third-order valence-corrected chi connectivity index (χ3v) is 5.57. The molecule has 7 heteroatoms.